The molecule has 2 aromatic rings. The van der Waals surface area contributed by atoms with Crippen LogP contribution in [0.25, 0.3) is 11.0 Å². The van der Waals surface area contributed by atoms with E-state index in [1.165, 1.54) is 6.07 Å². The maximum Gasteiger partial charge on any atom is 0.337 e. The Morgan fingerprint density at radius 2 is 2.17 bits per heavy atom. The van der Waals surface area contributed by atoms with Crippen molar-refractivity contribution in [1.29, 1.82) is 0 Å². The number of benzene rings is 1. The zero-order valence-corrected chi connectivity index (χ0v) is 10.8. The van der Waals surface area contributed by atoms with Crippen LogP contribution in [-0.4, -0.2) is 20.6 Å². The van der Waals surface area contributed by atoms with Crippen molar-refractivity contribution in [2.45, 2.75) is 20.3 Å². The summed E-state index contributed by atoms with van der Waals surface area (Å²) in [7, 11) is 1.84. The van der Waals surface area contributed by atoms with Crippen molar-refractivity contribution in [2.75, 3.05) is 5.73 Å². The fourth-order valence-electron chi connectivity index (χ4n) is 2.13. The minimum atomic E-state index is -0.980. The molecule has 0 unspecified atom stereocenters. The lowest BCUT2D eigenvalue weighted by Crippen LogP contribution is -2.05. The number of hydrogen-bond acceptors (Lipinski definition) is 3. The maximum absolute atomic E-state index is 11.3. The number of fused-ring (bicyclic) bond motifs is 1. The van der Waals surface area contributed by atoms with Crippen LogP contribution >= 0.6 is 0 Å². The lowest BCUT2D eigenvalue weighted by atomic mass is 10.1. The van der Waals surface area contributed by atoms with Crippen LogP contribution in [0.1, 0.15) is 30.0 Å². The number of anilines is 1. The van der Waals surface area contributed by atoms with E-state index in [9.17, 15) is 9.90 Å². The van der Waals surface area contributed by atoms with Crippen molar-refractivity contribution in [3.63, 3.8) is 0 Å². The Hall–Kier alpha value is -2.04. The minimum absolute atomic E-state index is 0.204. The number of hydrogen-bond donors (Lipinski definition) is 2. The third-order valence-corrected chi connectivity index (χ3v) is 2.91. The summed E-state index contributed by atoms with van der Waals surface area (Å²) in [5, 5.41) is 9.23. The van der Waals surface area contributed by atoms with Crippen molar-refractivity contribution in [3.05, 3.63) is 23.5 Å². The highest BCUT2D eigenvalue weighted by Gasteiger charge is 2.17. The first kappa shape index (κ1) is 12.4. The Labute approximate surface area is 105 Å². The normalized spacial score (nSPS) is 11.3. The second-order valence-corrected chi connectivity index (χ2v) is 4.93. The standard InChI is InChI=1S/C13H17N3O2/c1-7(2)4-11-15-10-6-8(14)5-9(13(17)18)12(10)16(11)3/h5-7H,4,14H2,1-3H3,(H,17,18). The van der Waals surface area contributed by atoms with Gasteiger partial charge in [0.15, 0.2) is 0 Å². The van der Waals surface area contributed by atoms with Gasteiger partial charge in [0.25, 0.3) is 0 Å². The largest absolute Gasteiger partial charge is 0.478 e. The van der Waals surface area contributed by atoms with Crippen LogP contribution in [0.4, 0.5) is 5.69 Å². The average Bonchev–Trinajstić information content (AvgIpc) is 2.53. The van der Waals surface area contributed by atoms with Gasteiger partial charge in [-0.1, -0.05) is 13.8 Å². The molecule has 5 nitrogen and oxygen atoms in total. The fourth-order valence-corrected chi connectivity index (χ4v) is 2.13. The van der Waals surface area contributed by atoms with E-state index in [0.717, 1.165) is 12.2 Å². The molecule has 0 aliphatic rings. The fraction of sp³-hybridized carbons (Fsp3) is 0.385. The lowest BCUT2D eigenvalue weighted by molar-refractivity contribution is 0.0698. The highest BCUT2D eigenvalue weighted by molar-refractivity contribution is 6.02. The molecule has 1 aromatic carbocycles. The second kappa shape index (κ2) is 4.33. The van der Waals surface area contributed by atoms with Crippen LogP contribution in [0, 0.1) is 5.92 Å². The molecule has 1 aromatic heterocycles. The maximum atomic E-state index is 11.3. The van der Waals surface area contributed by atoms with E-state index < -0.39 is 5.97 Å². The molecule has 0 fully saturated rings. The number of nitrogens with zero attached hydrogens (tertiary/aromatic N) is 2. The number of nitrogen functional groups attached to an aromatic ring is 1. The van der Waals surface area contributed by atoms with Gasteiger partial charge >= 0.3 is 5.97 Å². The van der Waals surface area contributed by atoms with Crippen molar-refractivity contribution < 1.29 is 9.90 Å². The van der Waals surface area contributed by atoms with E-state index in [1.807, 2.05) is 11.6 Å². The van der Waals surface area contributed by atoms with Gasteiger partial charge in [0.1, 0.15) is 5.82 Å². The summed E-state index contributed by atoms with van der Waals surface area (Å²) < 4.78 is 1.85. The molecule has 0 spiro atoms. The predicted molar refractivity (Wildman–Crippen MR) is 70.6 cm³/mol. The van der Waals surface area contributed by atoms with Gasteiger partial charge in [-0.25, -0.2) is 9.78 Å². The topological polar surface area (TPSA) is 81.1 Å². The van der Waals surface area contributed by atoms with Crippen LogP contribution in [0.2, 0.25) is 0 Å². The summed E-state index contributed by atoms with van der Waals surface area (Å²) >= 11 is 0. The zero-order chi connectivity index (χ0) is 13.4. The minimum Gasteiger partial charge on any atom is -0.478 e. The van der Waals surface area contributed by atoms with Crippen LogP contribution in [0.3, 0.4) is 0 Å². The van der Waals surface area contributed by atoms with E-state index in [-0.39, 0.29) is 5.56 Å². The molecule has 3 N–H and O–H groups in total. The first-order valence-corrected chi connectivity index (χ1v) is 5.88. The first-order chi connectivity index (χ1) is 8.40. The molecular formula is C13H17N3O2. The van der Waals surface area contributed by atoms with Crippen molar-refractivity contribution in [3.8, 4) is 0 Å². The van der Waals surface area contributed by atoms with Gasteiger partial charge in [0.2, 0.25) is 0 Å². The molecule has 18 heavy (non-hydrogen) atoms. The Morgan fingerprint density at radius 3 is 2.72 bits per heavy atom. The highest BCUT2D eigenvalue weighted by Crippen LogP contribution is 2.24. The highest BCUT2D eigenvalue weighted by atomic mass is 16.4. The summed E-state index contributed by atoms with van der Waals surface area (Å²) in [6.45, 7) is 4.21. The number of nitrogens with two attached hydrogens (primary N) is 1. The number of carbonyl (C=O) groups is 1. The summed E-state index contributed by atoms with van der Waals surface area (Å²) in [6.07, 6.45) is 0.810. The first-order valence-electron chi connectivity index (χ1n) is 5.88. The molecule has 0 atom stereocenters. The molecule has 0 amide bonds. The Kier molecular flexibility index (Phi) is 2.98. The molecule has 0 aliphatic carbocycles. The van der Waals surface area contributed by atoms with Crippen molar-refractivity contribution in [1.82, 2.24) is 9.55 Å². The zero-order valence-electron chi connectivity index (χ0n) is 10.8. The molecule has 0 aliphatic heterocycles. The van der Waals surface area contributed by atoms with Gasteiger partial charge in [-0.05, 0) is 18.1 Å². The van der Waals surface area contributed by atoms with Gasteiger partial charge in [-0.15, -0.1) is 0 Å². The van der Waals surface area contributed by atoms with Crippen molar-refractivity contribution >= 4 is 22.7 Å². The Balaban J connectivity index is 2.71. The second-order valence-electron chi connectivity index (χ2n) is 4.93. The van der Waals surface area contributed by atoms with Crippen molar-refractivity contribution in [2.24, 2.45) is 13.0 Å². The van der Waals surface area contributed by atoms with E-state index in [1.54, 1.807) is 6.07 Å². The molecule has 0 saturated heterocycles. The van der Waals surface area contributed by atoms with E-state index >= 15 is 0 Å². The number of aromatic nitrogens is 2. The molecule has 0 bridgehead atoms. The summed E-state index contributed by atoms with van der Waals surface area (Å²) in [5.74, 6) is 0.366. The smallest absolute Gasteiger partial charge is 0.337 e. The molecule has 0 radical (unpaired) electrons. The van der Waals surface area contributed by atoms with Crippen LogP contribution in [-0.2, 0) is 13.5 Å². The number of rotatable bonds is 3. The number of aryl methyl sites for hydroxylation is 1. The quantitative estimate of drug-likeness (QED) is 0.813. The molecule has 0 saturated carbocycles. The third-order valence-electron chi connectivity index (χ3n) is 2.91. The van der Waals surface area contributed by atoms with Crippen LogP contribution in [0.15, 0.2) is 12.1 Å². The molecular weight excluding hydrogens is 230 g/mol. The van der Waals surface area contributed by atoms with Gasteiger partial charge in [0.05, 0.1) is 16.6 Å². The summed E-state index contributed by atoms with van der Waals surface area (Å²) in [5.41, 5.74) is 7.62. The van der Waals surface area contributed by atoms with Gasteiger partial charge < -0.3 is 15.4 Å². The molecule has 5 heteroatoms. The lowest BCUT2D eigenvalue weighted by Gasteiger charge is -2.06. The third kappa shape index (κ3) is 2.03. The van der Waals surface area contributed by atoms with E-state index in [0.29, 0.717) is 22.6 Å². The Morgan fingerprint density at radius 1 is 1.50 bits per heavy atom. The number of carboxylic acid groups (broad SMARTS) is 1. The number of aromatic carboxylic acids is 1. The summed E-state index contributed by atoms with van der Waals surface area (Å²) in [4.78, 5) is 15.7. The predicted octanol–water partition coefficient (Wildman–Crippen LogP) is 2.05. The molecule has 2 rings (SSSR count). The molecule has 96 valence electrons. The average molecular weight is 247 g/mol. The number of imidazole rings is 1. The van der Waals surface area contributed by atoms with Gasteiger partial charge in [0, 0.05) is 19.2 Å². The van der Waals surface area contributed by atoms with E-state index in [2.05, 4.69) is 18.8 Å². The van der Waals surface area contributed by atoms with Gasteiger partial charge in [-0.2, -0.15) is 0 Å². The monoisotopic (exact) mass is 247 g/mol. The van der Waals surface area contributed by atoms with Crippen LogP contribution in [0.5, 0.6) is 0 Å². The van der Waals surface area contributed by atoms with E-state index in [4.69, 9.17) is 5.73 Å². The van der Waals surface area contributed by atoms with Gasteiger partial charge in [-0.3, -0.25) is 0 Å². The Bertz CT molecular complexity index is 614. The number of carboxylic acids is 1. The SMILES string of the molecule is CC(C)Cc1nc2cc(N)cc(C(=O)O)c2n1C. The summed E-state index contributed by atoms with van der Waals surface area (Å²) in [6, 6.07) is 3.19. The van der Waals surface area contributed by atoms with Crippen LogP contribution < -0.4 is 5.73 Å². The molecule has 1 heterocycles.